The summed E-state index contributed by atoms with van der Waals surface area (Å²) in [6.45, 7) is 1.07. The fraction of sp³-hybridized carbons (Fsp3) is 0.545. The Bertz CT molecular complexity index is 512. The van der Waals surface area contributed by atoms with Crippen LogP contribution in [0.2, 0.25) is 0 Å². The van der Waals surface area contributed by atoms with Crippen molar-refractivity contribution in [2.75, 3.05) is 25.9 Å². The molecule has 1 aromatic rings. The van der Waals surface area contributed by atoms with E-state index in [2.05, 4.69) is 4.98 Å². The topological polar surface area (TPSA) is 85.5 Å². The van der Waals surface area contributed by atoms with Crippen LogP contribution < -0.4 is 5.73 Å². The van der Waals surface area contributed by atoms with Crippen LogP contribution in [-0.2, 0) is 14.8 Å². The molecule has 0 amide bonds. The highest BCUT2D eigenvalue weighted by molar-refractivity contribution is 7.89. The summed E-state index contributed by atoms with van der Waals surface area (Å²) in [6, 6.07) is 2.80. The molecule has 2 rings (SSSR count). The van der Waals surface area contributed by atoms with Gasteiger partial charge >= 0.3 is 0 Å². The Morgan fingerprint density at radius 3 is 3.00 bits per heavy atom. The van der Waals surface area contributed by atoms with Crippen molar-refractivity contribution < 1.29 is 13.2 Å². The summed E-state index contributed by atoms with van der Waals surface area (Å²) < 4.78 is 31.3. The Morgan fingerprint density at radius 2 is 2.39 bits per heavy atom. The molecule has 0 saturated carbocycles. The Balaban J connectivity index is 2.14. The summed E-state index contributed by atoms with van der Waals surface area (Å²) in [4.78, 5) is 3.95. The average Bonchev–Trinajstić information content (AvgIpc) is 2.81. The molecule has 1 saturated heterocycles. The summed E-state index contributed by atoms with van der Waals surface area (Å²) in [5.41, 5.74) is 5.50. The number of pyridine rings is 1. The van der Waals surface area contributed by atoms with Crippen molar-refractivity contribution in [3.05, 3.63) is 18.3 Å². The maximum Gasteiger partial charge on any atom is 0.243 e. The van der Waals surface area contributed by atoms with Crippen molar-refractivity contribution >= 4 is 15.8 Å². The Morgan fingerprint density at radius 1 is 1.61 bits per heavy atom. The van der Waals surface area contributed by atoms with E-state index < -0.39 is 10.0 Å². The van der Waals surface area contributed by atoms with Gasteiger partial charge in [0.25, 0.3) is 0 Å². The van der Waals surface area contributed by atoms with E-state index in [1.165, 1.54) is 22.6 Å². The van der Waals surface area contributed by atoms with Gasteiger partial charge in [-0.2, -0.15) is 4.31 Å². The van der Waals surface area contributed by atoms with Crippen molar-refractivity contribution in [3.8, 4) is 0 Å². The number of nitrogens with zero attached hydrogens (tertiary/aromatic N) is 2. The predicted octanol–water partition coefficient (Wildman–Crippen LogP) is 0.463. The van der Waals surface area contributed by atoms with E-state index in [1.807, 2.05) is 0 Å². The molecule has 1 unspecified atom stereocenters. The van der Waals surface area contributed by atoms with Gasteiger partial charge in [0.05, 0.1) is 11.0 Å². The molecular weight excluding hydrogens is 254 g/mol. The van der Waals surface area contributed by atoms with E-state index in [9.17, 15) is 8.42 Å². The minimum atomic E-state index is -3.52. The molecule has 1 atom stereocenters. The molecule has 1 aliphatic heterocycles. The van der Waals surface area contributed by atoms with Gasteiger partial charge in [-0.3, -0.25) is 0 Å². The molecule has 0 spiro atoms. The van der Waals surface area contributed by atoms with Gasteiger partial charge in [0.15, 0.2) is 0 Å². The Hall–Kier alpha value is -1.18. The number of nitrogens with two attached hydrogens (primary N) is 1. The van der Waals surface area contributed by atoms with Gasteiger partial charge in [-0.1, -0.05) is 0 Å². The third kappa shape index (κ3) is 2.80. The number of aromatic nitrogens is 1. The average molecular weight is 271 g/mol. The molecular formula is C11H17N3O3S. The summed E-state index contributed by atoms with van der Waals surface area (Å²) >= 11 is 0. The lowest BCUT2D eigenvalue weighted by Gasteiger charge is -2.20. The van der Waals surface area contributed by atoms with Gasteiger partial charge < -0.3 is 10.5 Å². The zero-order chi connectivity index (χ0) is 13.2. The van der Waals surface area contributed by atoms with Crippen LogP contribution in [0, 0.1) is 0 Å². The zero-order valence-electron chi connectivity index (χ0n) is 10.2. The molecule has 18 heavy (non-hydrogen) atoms. The van der Waals surface area contributed by atoms with Crippen LogP contribution in [0.25, 0.3) is 0 Å². The molecule has 2 N–H and O–H groups in total. The lowest BCUT2D eigenvalue weighted by Crippen LogP contribution is -2.34. The molecule has 0 radical (unpaired) electrons. The highest BCUT2D eigenvalue weighted by Crippen LogP contribution is 2.19. The third-order valence-electron chi connectivity index (χ3n) is 2.95. The first-order chi connectivity index (χ1) is 8.50. The van der Waals surface area contributed by atoms with Gasteiger partial charge in [0, 0.05) is 32.5 Å². The van der Waals surface area contributed by atoms with Gasteiger partial charge in [0.1, 0.15) is 5.82 Å². The standard InChI is InChI=1S/C11H17N3O3S/c1-14(8-9-3-2-6-17-9)18(15,16)10-4-5-13-11(12)7-10/h4-5,7,9H,2-3,6,8H2,1H3,(H2,12,13). The number of sulfonamides is 1. The third-order valence-corrected chi connectivity index (χ3v) is 4.76. The fourth-order valence-electron chi connectivity index (χ4n) is 1.94. The minimum absolute atomic E-state index is 0.0102. The molecule has 1 aromatic heterocycles. The number of hydrogen-bond donors (Lipinski definition) is 1. The van der Waals surface area contributed by atoms with Crippen LogP contribution >= 0.6 is 0 Å². The molecule has 1 aliphatic rings. The summed E-state index contributed by atoms with van der Waals surface area (Å²) in [5.74, 6) is 0.196. The minimum Gasteiger partial charge on any atom is -0.384 e. The van der Waals surface area contributed by atoms with Crippen molar-refractivity contribution in [2.24, 2.45) is 0 Å². The highest BCUT2D eigenvalue weighted by atomic mass is 32.2. The Kier molecular flexibility index (Phi) is 3.84. The van der Waals surface area contributed by atoms with E-state index in [-0.39, 0.29) is 16.8 Å². The van der Waals surface area contributed by atoms with Crippen LogP contribution in [0.3, 0.4) is 0 Å². The number of hydrogen-bond acceptors (Lipinski definition) is 5. The monoisotopic (exact) mass is 271 g/mol. The molecule has 1 fully saturated rings. The lowest BCUT2D eigenvalue weighted by molar-refractivity contribution is 0.0979. The maximum absolute atomic E-state index is 12.3. The second-order valence-electron chi connectivity index (χ2n) is 4.34. The van der Waals surface area contributed by atoms with Crippen molar-refractivity contribution in [2.45, 2.75) is 23.8 Å². The van der Waals surface area contributed by atoms with E-state index in [4.69, 9.17) is 10.5 Å². The van der Waals surface area contributed by atoms with Crippen molar-refractivity contribution in [3.63, 3.8) is 0 Å². The van der Waals surface area contributed by atoms with Gasteiger partial charge in [-0.25, -0.2) is 13.4 Å². The molecule has 2 heterocycles. The molecule has 7 heteroatoms. The van der Waals surface area contributed by atoms with Gasteiger partial charge in [-0.15, -0.1) is 0 Å². The predicted molar refractivity (Wildman–Crippen MR) is 67.4 cm³/mol. The molecule has 0 aliphatic carbocycles. The molecule has 100 valence electrons. The van der Waals surface area contributed by atoms with E-state index >= 15 is 0 Å². The first-order valence-corrected chi connectivity index (χ1v) is 7.23. The van der Waals surface area contributed by atoms with Crippen LogP contribution in [0.15, 0.2) is 23.2 Å². The van der Waals surface area contributed by atoms with E-state index in [1.54, 1.807) is 7.05 Å². The second kappa shape index (κ2) is 5.21. The maximum atomic E-state index is 12.3. The lowest BCUT2D eigenvalue weighted by atomic mass is 10.2. The van der Waals surface area contributed by atoms with E-state index in [0.717, 1.165) is 12.8 Å². The molecule has 0 aromatic carbocycles. The second-order valence-corrected chi connectivity index (χ2v) is 6.38. The number of rotatable bonds is 4. The number of nitrogen functional groups attached to an aromatic ring is 1. The highest BCUT2D eigenvalue weighted by Gasteiger charge is 2.26. The van der Waals surface area contributed by atoms with Gasteiger partial charge in [0.2, 0.25) is 10.0 Å². The summed E-state index contributed by atoms with van der Waals surface area (Å²) in [5, 5.41) is 0. The summed E-state index contributed by atoms with van der Waals surface area (Å²) in [7, 11) is -1.97. The van der Waals surface area contributed by atoms with Crippen LogP contribution in [0.4, 0.5) is 5.82 Å². The summed E-state index contributed by atoms with van der Waals surface area (Å²) in [6.07, 6.45) is 3.27. The zero-order valence-corrected chi connectivity index (χ0v) is 11.1. The molecule has 0 bridgehead atoms. The first kappa shape index (κ1) is 13.3. The SMILES string of the molecule is CN(CC1CCCO1)S(=O)(=O)c1ccnc(N)c1. The first-order valence-electron chi connectivity index (χ1n) is 5.79. The van der Waals surface area contributed by atoms with Gasteiger partial charge in [-0.05, 0) is 18.9 Å². The largest absolute Gasteiger partial charge is 0.384 e. The number of anilines is 1. The van der Waals surface area contributed by atoms with Crippen LogP contribution in [-0.4, -0.2) is 44.0 Å². The van der Waals surface area contributed by atoms with E-state index in [0.29, 0.717) is 13.2 Å². The smallest absolute Gasteiger partial charge is 0.243 e. The number of ether oxygens (including phenoxy) is 1. The Labute approximate surface area is 107 Å². The number of likely N-dealkylation sites (N-methyl/N-ethyl adjacent to an activating group) is 1. The van der Waals surface area contributed by atoms with Crippen molar-refractivity contribution in [1.82, 2.24) is 9.29 Å². The quantitative estimate of drug-likeness (QED) is 0.860. The normalized spacial score (nSPS) is 20.4. The van der Waals surface area contributed by atoms with Crippen LogP contribution in [0.1, 0.15) is 12.8 Å². The van der Waals surface area contributed by atoms with Crippen LogP contribution in [0.5, 0.6) is 0 Å². The fourth-order valence-corrected chi connectivity index (χ4v) is 3.17. The van der Waals surface area contributed by atoms with Crippen molar-refractivity contribution in [1.29, 1.82) is 0 Å². The molecule has 6 nitrogen and oxygen atoms in total.